The number of likely N-dealkylation sites (tertiary alicyclic amines) is 1. The Labute approximate surface area is 200 Å². The molecule has 34 heavy (non-hydrogen) atoms. The molecule has 2 aromatic rings. The monoisotopic (exact) mass is 458 g/mol. The lowest BCUT2D eigenvalue weighted by atomic mass is 9.94. The first-order valence-corrected chi connectivity index (χ1v) is 11.1. The fourth-order valence-electron chi connectivity index (χ4n) is 3.98. The normalized spacial score (nSPS) is 17.4. The molecule has 1 amide bonds. The van der Waals surface area contributed by atoms with Gasteiger partial charge in [0.1, 0.15) is 17.3 Å². The highest BCUT2D eigenvalue weighted by Gasteiger charge is 2.26. The lowest BCUT2D eigenvalue weighted by molar-refractivity contribution is -0.127. The van der Waals surface area contributed by atoms with Gasteiger partial charge in [0.25, 0.3) is 0 Å². The number of benzene rings is 2. The van der Waals surface area contributed by atoms with Crippen molar-refractivity contribution in [1.82, 2.24) is 10.2 Å². The first-order chi connectivity index (χ1) is 16.5. The molecular formula is C26H30N6O2. The number of carbonyl (C=O) groups excluding carboxylic acids is 1. The zero-order valence-corrected chi connectivity index (χ0v) is 19.3. The number of amidine groups is 1. The van der Waals surface area contributed by atoms with E-state index in [1.54, 1.807) is 30.1 Å². The van der Waals surface area contributed by atoms with E-state index >= 15 is 0 Å². The second kappa shape index (κ2) is 11.7. The molecular weight excluding hydrogens is 428 g/mol. The fraction of sp³-hybridized carbons (Fsp3) is 0.269. The molecule has 2 aromatic carbocycles. The molecule has 1 aliphatic rings. The molecule has 0 radical (unpaired) electrons. The van der Waals surface area contributed by atoms with E-state index in [9.17, 15) is 10.1 Å². The van der Waals surface area contributed by atoms with Crippen LogP contribution in [0.5, 0.6) is 11.5 Å². The standard InChI is InChI=1S/C26H30N6O2/c1-3-24(33)32-13-7-8-19(17-32)31-26(30-2)23(16-28)25(29)22-12-11-21(14-18(22)15-27)34-20-9-5-4-6-10-20/h3-6,9-12,14,16,19,25H,1,7-8,13,17,28-29H2,2H3,(H,30,31)/b23-16-. The molecule has 176 valence electrons. The molecule has 0 saturated carbocycles. The molecule has 1 fully saturated rings. The van der Waals surface area contributed by atoms with E-state index in [1.807, 2.05) is 30.3 Å². The largest absolute Gasteiger partial charge is 0.457 e. The van der Waals surface area contributed by atoms with Crippen LogP contribution in [-0.2, 0) is 4.79 Å². The summed E-state index contributed by atoms with van der Waals surface area (Å²) in [5.74, 6) is 1.64. The summed E-state index contributed by atoms with van der Waals surface area (Å²) in [6.45, 7) is 4.80. The topological polar surface area (TPSA) is 130 Å². The summed E-state index contributed by atoms with van der Waals surface area (Å²) in [6, 6.07) is 16.0. The molecule has 1 heterocycles. The summed E-state index contributed by atoms with van der Waals surface area (Å²) in [7, 11) is 1.65. The molecule has 0 aliphatic carbocycles. The fourth-order valence-corrected chi connectivity index (χ4v) is 3.98. The van der Waals surface area contributed by atoms with Gasteiger partial charge < -0.3 is 26.4 Å². The highest BCUT2D eigenvalue weighted by Crippen LogP contribution is 2.29. The number of amides is 1. The number of ether oxygens (including phenoxy) is 1. The van der Waals surface area contributed by atoms with E-state index in [0.29, 0.717) is 47.1 Å². The lowest BCUT2D eigenvalue weighted by Crippen LogP contribution is -2.50. The third-order valence-electron chi connectivity index (χ3n) is 5.72. The van der Waals surface area contributed by atoms with Gasteiger partial charge in [-0.3, -0.25) is 9.79 Å². The minimum Gasteiger partial charge on any atom is -0.457 e. The second-order valence-electron chi connectivity index (χ2n) is 7.92. The van der Waals surface area contributed by atoms with E-state index in [-0.39, 0.29) is 11.9 Å². The van der Waals surface area contributed by atoms with Crippen molar-refractivity contribution in [1.29, 1.82) is 5.26 Å². The first-order valence-electron chi connectivity index (χ1n) is 11.1. The van der Waals surface area contributed by atoms with Gasteiger partial charge in [-0.15, -0.1) is 0 Å². The zero-order valence-electron chi connectivity index (χ0n) is 19.3. The number of hydrogen-bond acceptors (Lipinski definition) is 6. The number of nitriles is 1. The second-order valence-corrected chi connectivity index (χ2v) is 7.92. The van der Waals surface area contributed by atoms with Gasteiger partial charge in [0, 0.05) is 38.0 Å². The lowest BCUT2D eigenvalue weighted by Gasteiger charge is -2.34. The Hall–Kier alpha value is -4.09. The summed E-state index contributed by atoms with van der Waals surface area (Å²) < 4.78 is 5.84. The van der Waals surface area contributed by atoms with Crippen LogP contribution in [-0.4, -0.2) is 42.8 Å². The van der Waals surface area contributed by atoms with Crippen LogP contribution in [0.2, 0.25) is 0 Å². The van der Waals surface area contributed by atoms with Crippen LogP contribution >= 0.6 is 0 Å². The number of rotatable bonds is 7. The van der Waals surface area contributed by atoms with Crippen molar-refractivity contribution in [2.24, 2.45) is 16.5 Å². The van der Waals surface area contributed by atoms with Crippen LogP contribution in [0.3, 0.4) is 0 Å². The van der Waals surface area contributed by atoms with Gasteiger partial charge in [-0.25, -0.2) is 0 Å². The molecule has 0 aromatic heterocycles. The average Bonchev–Trinajstić information content (AvgIpc) is 2.88. The Morgan fingerprint density at radius 3 is 2.74 bits per heavy atom. The van der Waals surface area contributed by atoms with Gasteiger partial charge in [-0.05, 0) is 48.7 Å². The van der Waals surface area contributed by atoms with Crippen molar-refractivity contribution in [2.45, 2.75) is 24.9 Å². The summed E-state index contributed by atoms with van der Waals surface area (Å²) in [6.07, 6.45) is 4.48. The Morgan fingerprint density at radius 1 is 1.32 bits per heavy atom. The molecule has 8 heteroatoms. The maximum Gasteiger partial charge on any atom is 0.246 e. The maximum absolute atomic E-state index is 12.0. The van der Waals surface area contributed by atoms with Crippen LogP contribution in [0.4, 0.5) is 0 Å². The molecule has 5 N–H and O–H groups in total. The van der Waals surface area contributed by atoms with Gasteiger partial charge in [-0.2, -0.15) is 5.26 Å². The van der Waals surface area contributed by atoms with Gasteiger partial charge in [0.15, 0.2) is 0 Å². The van der Waals surface area contributed by atoms with Crippen LogP contribution in [0.1, 0.15) is 30.0 Å². The van der Waals surface area contributed by atoms with E-state index in [2.05, 4.69) is 23.0 Å². The van der Waals surface area contributed by atoms with Crippen LogP contribution < -0.4 is 21.5 Å². The number of aliphatic imine (C=N–C) groups is 1. The first kappa shape index (κ1) is 24.6. The highest BCUT2D eigenvalue weighted by molar-refractivity contribution is 5.99. The maximum atomic E-state index is 12.0. The zero-order chi connectivity index (χ0) is 24.5. The third kappa shape index (κ3) is 5.82. The molecule has 3 rings (SSSR count). The summed E-state index contributed by atoms with van der Waals surface area (Å²) >= 11 is 0. The molecule has 2 unspecified atom stereocenters. The van der Waals surface area contributed by atoms with E-state index < -0.39 is 6.04 Å². The molecule has 1 aliphatic heterocycles. The van der Waals surface area contributed by atoms with Crippen molar-refractivity contribution < 1.29 is 9.53 Å². The Kier molecular flexibility index (Phi) is 8.43. The van der Waals surface area contributed by atoms with Crippen molar-refractivity contribution >= 4 is 11.7 Å². The van der Waals surface area contributed by atoms with E-state index in [1.165, 1.54) is 12.3 Å². The summed E-state index contributed by atoms with van der Waals surface area (Å²) in [5, 5.41) is 13.2. The highest BCUT2D eigenvalue weighted by atomic mass is 16.5. The number of nitrogens with one attached hydrogen (secondary N) is 1. The Bertz CT molecular complexity index is 1120. The molecule has 0 bridgehead atoms. The molecule has 1 saturated heterocycles. The van der Waals surface area contributed by atoms with Crippen molar-refractivity contribution in [3.8, 4) is 17.6 Å². The van der Waals surface area contributed by atoms with Crippen LogP contribution in [0.15, 0.2) is 78.0 Å². The number of nitrogens with zero attached hydrogens (tertiary/aromatic N) is 3. The van der Waals surface area contributed by atoms with Gasteiger partial charge >= 0.3 is 0 Å². The van der Waals surface area contributed by atoms with E-state index in [0.717, 1.165) is 12.8 Å². The molecule has 2 atom stereocenters. The van der Waals surface area contributed by atoms with E-state index in [4.69, 9.17) is 16.2 Å². The quantitative estimate of drug-likeness (QED) is 0.332. The number of nitrogens with two attached hydrogens (primary N) is 2. The number of carbonyl (C=O) groups is 1. The Balaban J connectivity index is 1.78. The molecule has 0 spiro atoms. The number of piperidine rings is 1. The average molecular weight is 459 g/mol. The third-order valence-corrected chi connectivity index (χ3v) is 5.72. The van der Waals surface area contributed by atoms with Crippen molar-refractivity contribution in [3.63, 3.8) is 0 Å². The van der Waals surface area contributed by atoms with Crippen LogP contribution in [0, 0.1) is 11.3 Å². The molecule has 8 nitrogen and oxygen atoms in total. The van der Waals surface area contributed by atoms with Crippen molar-refractivity contribution in [3.05, 3.63) is 84.1 Å². The van der Waals surface area contributed by atoms with Crippen LogP contribution in [0.25, 0.3) is 0 Å². The smallest absolute Gasteiger partial charge is 0.246 e. The van der Waals surface area contributed by atoms with Gasteiger partial charge in [0.05, 0.1) is 17.7 Å². The minimum absolute atomic E-state index is 0.00409. The SMILES string of the molecule is C=CC(=O)N1CCCC(NC(=NC)/C(=C\N)C(N)c2ccc(Oc3ccccc3)cc2C#N)C1. The van der Waals surface area contributed by atoms with Gasteiger partial charge in [-0.1, -0.05) is 30.8 Å². The predicted molar refractivity (Wildman–Crippen MR) is 133 cm³/mol. The van der Waals surface area contributed by atoms with Gasteiger partial charge in [0.2, 0.25) is 5.91 Å². The minimum atomic E-state index is -0.689. The summed E-state index contributed by atoms with van der Waals surface area (Å²) in [4.78, 5) is 18.1. The van der Waals surface area contributed by atoms with Crippen molar-refractivity contribution in [2.75, 3.05) is 20.1 Å². The summed E-state index contributed by atoms with van der Waals surface area (Å²) in [5.41, 5.74) is 14.1. The number of hydrogen-bond donors (Lipinski definition) is 3. The Morgan fingerprint density at radius 2 is 2.09 bits per heavy atom. The number of para-hydroxylation sites is 1. The predicted octanol–water partition coefficient (Wildman–Crippen LogP) is 2.99.